The number of rotatable bonds is 2. The highest BCUT2D eigenvalue weighted by molar-refractivity contribution is 5.67. The van der Waals surface area contributed by atoms with Crippen LogP contribution < -0.4 is 0 Å². The van der Waals surface area contributed by atoms with E-state index in [1.807, 2.05) is 6.07 Å². The molecule has 1 aromatic heterocycles. The SMILES string of the molecule is CC(=O)OC1C=C2C(C)(C)CCCC2(C)C1c1ccoc1. The minimum absolute atomic E-state index is 0.0474. The van der Waals surface area contributed by atoms with Crippen molar-refractivity contribution in [3.05, 3.63) is 35.8 Å². The Morgan fingerprint density at radius 1 is 1.33 bits per heavy atom. The number of fused-ring (bicyclic) bond motifs is 1. The number of esters is 1. The largest absolute Gasteiger partial charge is 0.472 e. The average Bonchev–Trinajstić information content (AvgIpc) is 2.94. The fraction of sp³-hybridized carbons (Fsp3) is 0.611. The maximum Gasteiger partial charge on any atom is 0.303 e. The van der Waals surface area contributed by atoms with Gasteiger partial charge in [0.05, 0.1) is 12.5 Å². The molecule has 3 nitrogen and oxygen atoms in total. The molecule has 0 N–H and O–H groups in total. The predicted octanol–water partition coefficient (Wildman–Crippen LogP) is 4.45. The summed E-state index contributed by atoms with van der Waals surface area (Å²) < 4.78 is 10.9. The third kappa shape index (κ3) is 2.23. The zero-order valence-electron chi connectivity index (χ0n) is 13.3. The van der Waals surface area contributed by atoms with Gasteiger partial charge in [0.2, 0.25) is 0 Å². The maximum absolute atomic E-state index is 11.5. The van der Waals surface area contributed by atoms with Gasteiger partial charge in [0, 0.05) is 12.8 Å². The molecular weight excluding hydrogens is 264 g/mol. The molecular formula is C18H24O3. The molecule has 3 atom stereocenters. The molecule has 0 aromatic carbocycles. The minimum atomic E-state index is -0.217. The standard InChI is InChI=1S/C18H24O3/c1-12(19)21-14-10-15-17(2,3)7-5-8-18(15,4)16(14)13-6-9-20-11-13/h6,9-11,14,16H,5,7-8H2,1-4H3. The summed E-state index contributed by atoms with van der Waals surface area (Å²) in [5, 5.41) is 0. The van der Waals surface area contributed by atoms with Crippen molar-refractivity contribution in [1.82, 2.24) is 0 Å². The van der Waals surface area contributed by atoms with Crippen LogP contribution in [0.2, 0.25) is 0 Å². The molecule has 114 valence electrons. The van der Waals surface area contributed by atoms with E-state index in [0.29, 0.717) is 0 Å². The number of hydrogen-bond acceptors (Lipinski definition) is 3. The quantitative estimate of drug-likeness (QED) is 0.596. The van der Waals surface area contributed by atoms with Crippen molar-refractivity contribution in [3.8, 4) is 0 Å². The van der Waals surface area contributed by atoms with Gasteiger partial charge in [-0.3, -0.25) is 4.79 Å². The molecule has 2 aliphatic rings. The van der Waals surface area contributed by atoms with Crippen molar-refractivity contribution >= 4 is 5.97 Å². The van der Waals surface area contributed by atoms with Gasteiger partial charge in [0.1, 0.15) is 6.10 Å². The molecule has 2 aliphatic carbocycles. The molecule has 3 unspecified atom stereocenters. The number of carbonyl (C=O) groups is 1. The molecule has 0 saturated heterocycles. The topological polar surface area (TPSA) is 39.4 Å². The molecule has 1 aromatic rings. The number of carbonyl (C=O) groups excluding carboxylic acids is 1. The Morgan fingerprint density at radius 2 is 2.10 bits per heavy atom. The van der Waals surface area contributed by atoms with Crippen LogP contribution in [0.1, 0.15) is 58.4 Å². The van der Waals surface area contributed by atoms with Crippen molar-refractivity contribution in [3.63, 3.8) is 0 Å². The highest BCUT2D eigenvalue weighted by Gasteiger charge is 2.54. The van der Waals surface area contributed by atoms with Crippen LogP contribution in [-0.4, -0.2) is 12.1 Å². The summed E-state index contributed by atoms with van der Waals surface area (Å²) in [6.07, 6.45) is 9.06. The summed E-state index contributed by atoms with van der Waals surface area (Å²) in [6, 6.07) is 2.00. The van der Waals surface area contributed by atoms with Crippen LogP contribution in [0.5, 0.6) is 0 Å². The Kier molecular flexibility index (Phi) is 3.27. The lowest BCUT2D eigenvalue weighted by molar-refractivity contribution is -0.145. The van der Waals surface area contributed by atoms with E-state index in [4.69, 9.17) is 9.15 Å². The van der Waals surface area contributed by atoms with Gasteiger partial charge in [-0.2, -0.15) is 0 Å². The Balaban J connectivity index is 2.06. The Labute approximate surface area is 126 Å². The molecule has 1 saturated carbocycles. The van der Waals surface area contributed by atoms with E-state index in [2.05, 4.69) is 26.8 Å². The van der Waals surface area contributed by atoms with Crippen LogP contribution in [0.25, 0.3) is 0 Å². The fourth-order valence-corrected chi connectivity index (χ4v) is 4.61. The van der Waals surface area contributed by atoms with Crippen molar-refractivity contribution in [2.24, 2.45) is 10.8 Å². The number of ether oxygens (including phenoxy) is 1. The normalized spacial score (nSPS) is 34.2. The predicted molar refractivity (Wildman–Crippen MR) is 80.8 cm³/mol. The number of furan rings is 1. The van der Waals surface area contributed by atoms with E-state index >= 15 is 0 Å². The zero-order chi connectivity index (χ0) is 15.3. The number of allylic oxidation sites excluding steroid dienone is 1. The first kappa shape index (κ1) is 14.4. The highest BCUT2D eigenvalue weighted by Crippen LogP contribution is 2.62. The van der Waals surface area contributed by atoms with E-state index in [0.717, 1.165) is 12.0 Å². The summed E-state index contributed by atoms with van der Waals surface area (Å²) in [7, 11) is 0. The Morgan fingerprint density at radius 3 is 2.71 bits per heavy atom. The second-order valence-electron chi connectivity index (χ2n) is 7.34. The molecule has 0 aliphatic heterocycles. The number of hydrogen-bond donors (Lipinski definition) is 0. The van der Waals surface area contributed by atoms with Crippen molar-refractivity contribution in [2.45, 2.75) is 59.0 Å². The van der Waals surface area contributed by atoms with Gasteiger partial charge in [-0.05, 0) is 41.4 Å². The summed E-state index contributed by atoms with van der Waals surface area (Å²) >= 11 is 0. The molecule has 1 fully saturated rings. The lowest BCUT2D eigenvalue weighted by atomic mass is 9.58. The van der Waals surface area contributed by atoms with Gasteiger partial charge in [-0.25, -0.2) is 0 Å². The molecule has 21 heavy (non-hydrogen) atoms. The smallest absolute Gasteiger partial charge is 0.303 e. The van der Waals surface area contributed by atoms with E-state index in [-0.39, 0.29) is 28.8 Å². The van der Waals surface area contributed by atoms with Crippen LogP contribution in [-0.2, 0) is 9.53 Å². The maximum atomic E-state index is 11.5. The summed E-state index contributed by atoms with van der Waals surface area (Å²) in [5.74, 6) is -0.0554. The lowest BCUT2D eigenvalue weighted by Crippen LogP contribution is -2.37. The zero-order valence-corrected chi connectivity index (χ0v) is 13.3. The first-order chi connectivity index (χ1) is 9.84. The third-order valence-electron chi connectivity index (χ3n) is 5.39. The van der Waals surface area contributed by atoms with Gasteiger partial charge in [-0.1, -0.05) is 32.8 Å². The van der Waals surface area contributed by atoms with Gasteiger partial charge in [0.15, 0.2) is 0 Å². The molecule has 0 bridgehead atoms. The van der Waals surface area contributed by atoms with Crippen molar-refractivity contribution in [2.75, 3.05) is 0 Å². The second-order valence-corrected chi connectivity index (χ2v) is 7.34. The van der Waals surface area contributed by atoms with E-state index < -0.39 is 0 Å². The minimum Gasteiger partial charge on any atom is -0.472 e. The summed E-state index contributed by atoms with van der Waals surface area (Å²) in [6.45, 7) is 8.42. The molecule has 3 heteroatoms. The van der Waals surface area contributed by atoms with Crippen LogP contribution >= 0.6 is 0 Å². The Hall–Kier alpha value is -1.51. The van der Waals surface area contributed by atoms with E-state index in [9.17, 15) is 4.79 Å². The second kappa shape index (κ2) is 4.75. The molecule has 0 radical (unpaired) electrons. The molecule has 0 spiro atoms. The van der Waals surface area contributed by atoms with Crippen LogP contribution in [0.4, 0.5) is 0 Å². The van der Waals surface area contributed by atoms with Gasteiger partial charge >= 0.3 is 5.97 Å². The van der Waals surface area contributed by atoms with Gasteiger partial charge in [-0.15, -0.1) is 0 Å². The monoisotopic (exact) mass is 288 g/mol. The summed E-state index contributed by atoms with van der Waals surface area (Å²) in [4.78, 5) is 11.5. The van der Waals surface area contributed by atoms with Gasteiger partial charge in [0.25, 0.3) is 0 Å². The van der Waals surface area contributed by atoms with E-state index in [1.165, 1.54) is 25.3 Å². The van der Waals surface area contributed by atoms with Crippen LogP contribution in [0, 0.1) is 10.8 Å². The third-order valence-corrected chi connectivity index (χ3v) is 5.39. The first-order valence-corrected chi connectivity index (χ1v) is 7.77. The fourth-order valence-electron chi connectivity index (χ4n) is 4.61. The highest BCUT2D eigenvalue weighted by atomic mass is 16.5. The summed E-state index contributed by atoms with van der Waals surface area (Å²) in [5.41, 5.74) is 2.79. The Bertz CT molecular complexity index is 567. The van der Waals surface area contributed by atoms with E-state index in [1.54, 1.807) is 12.5 Å². The first-order valence-electron chi connectivity index (χ1n) is 7.77. The van der Waals surface area contributed by atoms with Gasteiger partial charge < -0.3 is 9.15 Å². The van der Waals surface area contributed by atoms with Crippen molar-refractivity contribution < 1.29 is 13.9 Å². The van der Waals surface area contributed by atoms with Crippen LogP contribution in [0.3, 0.4) is 0 Å². The average molecular weight is 288 g/mol. The molecule has 1 heterocycles. The lowest BCUT2D eigenvalue weighted by Gasteiger charge is -2.46. The van der Waals surface area contributed by atoms with Crippen molar-refractivity contribution in [1.29, 1.82) is 0 Å². The molecule has 3 rings (SSSR count). The van der Waals surface area contributed by atoms with Crippen LogP contribution in [0.15, 0.2) is 34.7 Å². The molecule has 0 amide bonds.